The summed E-state index contributed by atoms with van der Waals surface area (Å²) in [5.41, 5.74) is 1.01. The van der Waals surface area contributed by atoms with Gasteiger partial charge in [-0.15, -0.1) is 0 Å². The van der Waals surface area contributed by atoms with Gasteiger partial charge in [-0.05, 0) is 12.0 Å². The van der Waals surface area contributed by atoms with E-state index in [4.69, 9.17) is 9.57 Å². The number of hydrogen-bond acceptors (Lipinski definition) is 6. The van der Waals surface area contributed by atoms with Gasteiger partial charge in [-0.2, -0.15) is 0 Å². The lowest BCUT2D eigenvalue weighted by molar-refractivity contribution is -0.124. The van der Waals surface area contributed by atoms with Gasteiger partial charge in [-0.3, -0.25) is 4.79 Å². The van der Waals surface area contributed by atoms with Crippen molar-refractivity contribution in [2.45, 2.75) is 20.0 Å². The molecule has 1 fully saturated rings. The van der Waals surface area contributed by atoms with E-state index >= 15 is 0 Å². The first-order valence-corrected chi connectivity index (χ1v) is 7.23. The van der Waals surface area contributed by atoms with Gasteiger partial charge in [0.15, 0.2) is 0 Å². The highest BCUT2D eigenvalue weighted by Crippen LogP contribution is 2.14. The number of carbonyl (C=O) groups is 2. The van der Waals surface area contributed by atoms with E-state index in [1.54, 1.807) is 6.92 Å². The first-order valence-electron chi connectivity index (χ1n) is 7.23. The normalized spacial score (nSPS) is 15.5. The maximum atomic E-state index is 12.2. The topological polar surface area (TPSA) is 88.4 Å². The number of allylic oxidation sites excluding steroid dienone is 1. The molecule has 0 bridgehead atoms. The zero-order valence-electron chi connectivity index (χ0n) is 12.8. The Bertz CT molecular complexity index is 625. The second-order valence-corrected chi connectivity index (χ2v) is 4.78. The van der Waals surface area contributed by atoms with Gasteiger partial charge in [0, 0.05) is 0 Å². The van der Waals surface area contributed by atoms with Gasteiger partial charge in [-0.25, -0.2) is 9.69 Å². The smallest absolute Gasteiger partial charge is 0.416 e. The van der Waals surface area contributed by atoms with E-state index in [0.717, 1.165) is 16.7 Å². The van der Waals surface area contributed by atoms with E-state index < -0.39 is 12.0 Å². The maximum Gasteiger partial charge on any atom is 0.416 e. The highest BCUT2D eigenvalue weighted by Gasteiger charge is 2.31. The number of amides is 2. The van der Waals surface area contributed by atoms with Crippen LogP contribution in [0.5, 0.6) is 0 Å². The number of benzene rings is 1. The molecule has 1 aliphatic heterocycles. The number of aliphatic hydroxyl groups is 1. The summed E-state index contributed by atoms with van der Waals surface area (Å²) in [5.74, 6) is -0.910. The van der Waals surface area contributed by atoms with E-state index in [1.165, 1.54) is 0 Å². The molecule has 0 radical (unpaired) electrons. The standard InChI is InChI=1S/C16H18N2O5/c1-2-13(15(20)18-8-9-22-16(18)21)14(19)10-17-23-11-12-6-4-3-5-7-12/h3-7,10,19H,2,8-9,11H2,1H3/b14-13+,17-10+. The van der Waals surface area contributed by atoms with Gasteiger partial charge < -0.3 is 14.7 Å². The highest BCUT2D eigenvalue weighted by atomic mass is 16.6. The Kier molecular flexibility index (Phi) is 5.74. The van der Waals surface area contributed by atoms with Crippen LogP contribution in [0.25, 0.3) is 0 Å². The van der Waals surface area contributed by atoms with Crippen LogP contribution in [-0.4, -0.2) is 41.4 Å². The molecule has 0 spiro atoms. The van der Waals surface area contributed by atoms with Gasteiger partial charge >= 0.3 is 6.09 Å². The molecule has 122 valence electrons. The Morgan fingerprint density at radius 3 is 2.78 bits per heavy atom. The number of rotatable bonds is 6. The van der Waals surface area contributed by atoms with Crippen molar-refractivity contribution in [2.75, 3.05) is 13.2 Å². The van der Waals surface area contributed by atoms with Crippen molar-refractivity contribution in [1.82, 2.24) is 4.90 Å². The molecule has 0 unspecified atom stereocenters. The third-order valence-corrected chi connectivity index (χ3v) is 3.25. The Morgan fingerprint density at radius 1 is 1.43 bits per heavy atom. The maximum absolute atomic E-state index is 12.2. The third-order valence-electron chi connectivity index (χ3n) is 3.25. The summed E-state index contributed by atoms with van der Waals surface area (Å²) in [6.07, 6.45) is 0.603. The Labute approximate surface area is 133 Å². The summed E-state index contributed by atoms with van der Waals surface area (Å²) in [6.45, 7) is 2.29. The van der Waals surface area contributed by atoms with Crippen molar-refractivity contribution in [1.29, 1.82) is 0 Å². The van der Waals surface area contributed by atoms with Crippen molar-refractivity contribution < 1.29 is 24.3 Å². The minimum Gasteiger partial charge on any atom is -0.506 e. The van der Waals surface area contributed by atoms with Crippen LogP contribution in [-0.2, 0) is 21.0 Å². The van der Waals surface area contributed by atoms with Crippen LogP contribution in [0.2, 0.25) is 0 Å². The number of ether oxygens (including phenoxy) is 1. The summed E-state index contributed by atoms with van der Waals surface area (Å²) in [4.78, 5) is 29.6. The molecule has 1 aromatic rings. The zero-order chi connectivity index (χ0) is 16.7. The van der Waals surface area contributed by atoms with E-state index in [1.807, 2.05) is 30.3 Å². The van der Waals surface area contributed by atoms with Gasteiger partial charge in [0.25, 0.3) is 5.91 Å². The molecule has 0 saturated carbocycles. The molecular weight excluding hydrogens is 300 g/mol. The fourth-order valence-electron chi connectivity index (χ4n) is 2.03. The summed E-state index contributed by atoms with van der Waals surface area (Å²) in [5, 5.41) is 13.6. The molecule has 0 aliphatic carbocycles. The van der Waals surface area contributed by atoms with Crippen LogP contribution in [0, 0.1) is 0 Å². The molecule has 7 nitrogen and oxygen atoms in total. The molecule has 2 rings (SSSR count). The van der Waals surface area contributed by atoms with Gasteiger partial charge in [-0.1, -0.05) is 42.4 Å². The first kappa shape index (κ1) is 16.5. The third kappa shape index (κ3) is 4.32. The number of cyclic esters (lactones) is 1. The molecule has 2 amide bonds. The summed E-state index contributed by atoms with van der Waals surface area (Å²) >= 11 is 0. The number of hydrogen-bond donors (Lipinski definition) is 1. The molecule has 7 heteroatoms. The second-order valence-electron chi connectivity index (χ2n) is 4.78. The van der Waals surface area contributed by atoms with Crippen molar-refractivity contribution in [3.63, 3.8) is 0 Å². The lowest BCUT2D eigenvalue weighted by Crippen LogP contribution is -2.33. The minimum atomic E-state index is -0.703. The van der Waals surface area contributed by atoms with Crippen molar-refractivity contribution >= 4 is 18.2 Å². The van der Waals surface area contributed by atoms with E-state index in [-0.39, 0.29) is 37.5 Å². The molecule has 1 heterocycles. The fraction of sp³-hybridized carbons (Fsp3) is 0.312. The number of imide groups is 1. The summed E-state index contributed by atoms with van der Waals surface area (Å²) < 4.78 is 4.71. The molecule has 0 atom stereocenters. The predicted molar refractivity (Wildman–Crippen MR) is 82.7 cm³/mol. The molecule has 23 heavy (non-hydrogen) atoms. The lowest BCUT2D eigenvalue weighted by atomic mass is 10.1. The van der Waals surface area contributed by atoms with Gasteiger partial charge in [0.1, 0.15) is 25.2 Å². The van der Waals surface area contributed by atoms with Crippen molar-refractivity contribution in [2.24, 2.45) is 5.16 Å². The number of carbonyl (C=O) groups excluding carboxylic acids is 2. The molecule has 1 saturated heterocycles. The Morgan fingerprint density at radius 2 is 2.17 bits per heavy atom. The van der Waals surface area contributed by atoms with E-state index in [2.05, 4.69) is 5.16 Å². The van der Waals surface area contributed by atoms with E-state index in [0.29, 0.717) is 0 Å². The average Bonchev–Trinajstić information content (AvgIpc) is 2.99. The second kappa shape index (κ2) is 7.98. The summed E-state index contributed by atoms with van der Waals surface area (Å²) in [7, 11) is 0. The van der Waals surface area contributed by atoms with Crippen molar-refractivity contribution in [3.8, 4) is 0 Å². The molecule has 1 aromatic carbocycles. The summed E-state index contributed by atoms with van der Waals surface area (Å²) in [6, 6.07) is 9.41. The van der Waals surface area contributed by atoms with Crippen LogP contribution in [0.4, 0.5) is 4.79 Å². The van der Waals surface area contributed by atoms with Crippen molar-refractivity contribution in [3.05, 3.63) is 47.2 Å². The number of oxime groups is 1. The molecule has 1 N–H and O–H groups in total. The quantitative estimate of drug-likeness (QED) is 0.376. The van der Waals surface area contributed by atoms with Gasteiger partial charge in [0.2, 0.25) is 0 Å². The monoisotopic (exact) mass is 318 g/mol. The largest absolute Gasteiger partial charge is 0.506 e. The van der Waals surface area contributed by atoms with Crippen LogP contribution in [0.3, 0.4) is 0 Å². The Balaban J connectivity index is 1.98. The lowest BCUT2D eigenvalue weighted by Gasteiger charge is -2.12. The van der Waals surface area contributed by atoms with E-state index in [9.17, 15) is 14.7 Å². The molecular formula is C16H18N2O5. The number of aliphatic hydroxyl groups excluding tert-OH is 1. The zero-order valence-corrected chi connectivity index (χ0v) is 12.8. The average molecular weight is 318 g/mol. The van der Waals surface area contributed by atoms with Gasteiger partial charge in [0.05, 0.1) is 12.1 Å². The SMILES string of the molecule is CC/C(C(=O)N1CCOC1=O)=C(O)/C=N/OCc1ccccc1. The van der Waals surface area contributed by atoms with Crippen LogP contribution >= 0.6 is 0 Å². The Hall–Kier alpha value is -2.83. The molecule has 1 aliphatic rings. The first-order chi connectivity index (χ1) is 11.1. The highest BCUT2D eigenvalue weighted by molar-refractivity contribution is 6.05. The van der Waals surface area contributed by atoms with Crippen LogP contribution in [0.1, 0.15) is 18.9 Å². The predicted octanol–water partition coefficient (Wildman–Crippen LogP) is 2.39. The minimum absolute atomic E-state index is 0.0795. The fourth-order valence-corrected chi connectivity index (χ4v) is 2.03. The van der Waals surface area contributed by atoms with Crippen LogP contribution in [0.15, 0.2) is 46.8 Å². The number of nitrogens with zero attached hydrogens (tertiary/aromatic N) is 2. The molecule has 0 aromatic heterocycles. The van der Waals surface area contributed by atoms with Crippen LogP contribution < -0.4 is 0 Å².